The van der Waals surface area contributed by atoms with Crippen molar-refractivity contribution in [2.45, 2.75) is 25.0 Å². The number of amides is 1. The van der Waals surface area contributed by atoms with Gasteiger partial charge in [0.1, 0.15) is 5.75 Å². The topological polar surface area (TPSA) is 49.8 Å². The standard InChI is InChI=1S/C21H25NO3S/c1-25-18-10-5-9-17(13-18)19-11-6-12-22(19)21(24)15-26-14-20(23)16-7-3-2-4-8-16/h2-5,7-10,13,19-20,23H,6,11-12,14-15H2,1H3. The molecule has 1 N–H and O–H groups in total. The second-order valence-electron chi connectivity index (χ2n) is 6.46. The molecule has 2 unspecified atom stereocenters. The van der Waals surface area contributed by atoms with Crippen molar-refractivity contribution in [3.8, 4) is 5.75 Å². The van der Waals surface area contributed by atoms with Gasteiger partial charge in [0.2, 0.25) is 5.91 Å². The van der Waals surface area contributed by atoms with E-state index in [1.165, 1.54) is 11.8 Å². The van der Waals surface area contributed by atoms with Gasteiger partial charge < -0.3 is 14.7 Å². The number of hydrogen-bond acceptors (Lipinski definition) is 4. The summed E-state index contributed by atoms with van der Waals surface area (Å²) in [5.74, 6) is 1.88. The number of likely N-dealkylation sites (tertiary alicyclic amines) is 1. The molecule has 1 saturated heterocycles. The van der Waals surface area contributed by atoms with Gasteiger partial charge in [-0.25, -0.2) is 0 Å². The summed E-state index contributed by atoms with van der Waals surface area (Å²) in [4.78, 5) is 14.7. The zero-order chi connectivity index (χ0) is 18.4. The minimum absolute atomic E-state index is 0.122. The van der Waals surface area contributed by atoms with Crippen molar-refractivity contribution in [3.63, 3.8) is 0 Å². The molecule has 26 heavy (non-hydrogen) atoms. The Hall–Kier alpha value is -1.98. The minimum atomic E-state index is -0.540. The summed E-state index contributed by atoms with van der Waals surface area (Å²) in [6.07, 6.45) is 1.46. The van der Waals surface area contributed by atoms with Crippen molar-refractivity contribution in [1.82, 2.24) is 4.90 Å². The first-order valence-corrected chi connectivity index (χ1v) is 10.1. The van der Waals surface area contributed by atoms with Gasteiger partial charge in [-0.1, -0.05) is 42.5 Å². The Morgan fingerprint density at radius 3 is 2.85 bits per heavy atom. The monoisotopic (exact) mass is 371 g/mol. The van der Waals surface area contributed by atoms with Gasteiger partial charge in [-0.3, -0.25) is 4.79 Å². The zero-order valence-corrected chi connectivity index (χ0v) is 15.8. The number of aliphatic hydroxyl groups is 1. The molecular formula is C21H25NO3S. The molecule has 1 aliphatic heterocycles. The Kier molecular flexibility index (Phi) is 6.58. The molecule has 5 heteroatoms. The quantitative estimate of drug-likeness (QED) is 0.804. The van der Waals surface area contributed by atoms with E-state index in [9.17, 15) is 9.90 Å². The van der Waals surface area contributed by atoms with Crippen LogP contribution in [0.4, 0.5) is 0 Å². The molecule has 1 aliphatic rings. The Morgan fingerprint density at radius 1 is 1.27 bits per heavy atom. The first kappa shape index (κ1) is 18.8. The molecule has 2 aromatic rings. The zero-order valence-electron chi connectivity index (χ0n) is 15.0. The first-order valence-electron chi connectivity index (χ1n) is 8.93. The number of aliphatic hydroxyl groups excluding tert-OH is 1. The molecule has 0 aliphatic carbocycles. The van der Waals surface area contributed by atoms with Gasteiger partial charge in [-0.05, 0) is 36.1 Å². The van der Waals surface area contributed by atoms with Crippen molar-refractivity contribution in [2.24, 2.45) is 0 Å². The molecular weight excluding hydrogens is 346 g/mol. The molecule has 0 aromatic heterocycles. The third-order valence-electron chi connectivity index (χ3n) is 4.74. The van der Waals surface area contributed by atoms with Gasteiger partial charge in [0.25, 0.3) is 0 Å². The summed E-state index contributed by atoms with van der Waals surface area (Å²) in [6.45, 7) is 0.794. The van der Waals surface area contributed by atoms with Gasteiger partial charge in [0.15, 0.2) is 0 Å². The summed E-state index contributed by atoms with van der Waals surface area (Å²) >= 11 is 1.49. The van der Waals surface area contributed by atoms with E-state index in [1.807, 2.05) is 53.4 Å². The van der Waals surface area contributed by atoms with Gasteiger partial charge in [-0.2, -0.15) is 0 Å². The molecule has 0 radical (unpaired) electrons. The van der Waals surface area contributed by atoms with Crippen LogP contribution in [0.2, 0.25) is 0 Å². The molecule has 0 bridgehead atoms. The molecule has 3 rings (SSSR count). The largest absolute Gasteiger partial charge is 0.497 e. The van der Waals surface area contributed by atoms with E-state index in [0.717, 1.165) is 36.3 Å². The fourth-order valence-electron chi connectivity index (χ4n) is 3.37. The van der Waals surface area contributed by atoms with E-state index in [0.29, 0.717) is 11.5 Å². The Labute approximate surface area is 159 Å². The Bertz CT molecular complexity index is 722. The van der Waals surface area contributed by atoms with Gasteiger partial charge in [0.05, 0.1) is 25.0 Å². The fraction of sp³-hybridized carbons (Fsp3) is 0.381. The predicted octanol–water partition coefficient (Wildman–Crippen LogP) is 3.83. The number of benzene rings is 2. The minimum Gasteiger partial charge on any atom is -0.497 e. The summed E-state index contributed by atoms with van der Waals surface area (Å²) in [6, 6.07) is 17.7. The first-order chi connectivity index (χ1) is 12.7. The second kappa shape index (κ2) is 9.10. The van der Waals surface area contributed by atoms with Crippen LogP contribution < -0.4 is 4.74 Å². The van der Waals surface area contributed by atoms with Crippen LogP contribution in [0.5, 0.6) is 5.75 Å². The number of hydrogen-bond donors (Lipinski definition) is 1. The maximum absolute atomic E-state index is 12.7. The number of ether oxygens (including phenoxy) is 1. The lowest BCUT2D eigenvalue weighted by molar-refractivity contribution is -0.129. The molecule has 2 atom stereocenters. The van der Waals surface area contributed by atoms with Crippen LogP contribution in [-0.2, 0) is 4.79 Å². The lowest BCUT2D eigenvalue weighted by atomic mass is 10.0. The number of carbonyl (C=O) groups is 1. The van der Waals surface area contributed by atoms with Crippen LogP contribution in [0.15, 0.2) is 54.6 Å². The third-order valence-corrected chi connectivity index (χ3v) is 5.74. The molecule has 4 nitrogen and oxygen atoms in total. The third kappa shape index (κ3) is 4.59. The number of nitrogens with zero attached hydrogens (tertiary/aromatic N) is 1. The molecule has 1 heterocycles. The summed E-state index contributed by atoms with van der Waals surface area (Å²) in [7, 11) is 1.66. The average molecular weight is 372 g/mol. The summed E-state index contributed by atoms with van der Waals surface area (Å²) in [5, 5.41) is 10.2. The highest BCUT2D eigenvalue weighted by Gasteiger charge is 2.30. The van der Waals surface area contributed by atoms with Crippen LogP contribution in [0, 0.1) is 0 Å². The lowest BCUT2D eigenvalue weighted by Gasteiger charge is -2.25. The highest BCUT2D eigenvalue weighted by molar-refractivity contribution is 7.99. The van der Waals surface area contributed by atoms with Gasteiger partial charge in [0, 0.05) is 12.3 Å². The Balaban J connectivity index is 1.55. The lowest BCUT2D eigenvalue weighted by Crippen LogP contribution is -2.32. The van der Waals surface area contributed by atoms with Crippen LogP contribution >= 0.6 is 11.8 Å². The van der Waals surface area contributed by atoms with E-state index in [4.69, 9.17) is 4.74 Å². The van der Waals surface area contributed by atoms with E-state index >= 15 is 0 Å². The smallest absolute Gasteiger partial charge is 0.233 e. The molecule has 138 valence electrons. The van der Waals surface area contributed by atoms with Crippen LogP contribution in [0.1, 0.15) is 36.1 Å². The van der Waals surface area contributed by atoms with Crippen LogP contribution in [0.25, 0.3) is 0 Å². The van der Waals surface area contributed by atoms with E-state index < -0.39 is 6.10 Å². The van der Waals surface area contributed by atoms with Crippen molar-refractivity contribution in [3.05, 3.63) is 65.7 Å². The van der Waals surface area contributed by atoms with E-state index in [2.05, 4.69) is 6.07 Å². The predicted molar refractivity (Wildman–Crippen MR) is 105 cm³/mol. The fourth-order valence-corrected chi connectivity index (χ4v) is 4.25. The van der Waals surface area contributed by atoms with E-state index in [-0.39, 0.29) is 11.9 Å². The number of rotatable bonds is 7. The summed E-state index contributed by atoms with van der Waals surface area (Å²) < 4.78 is 5.31. The Morgan fingerprint density at radius 2 is 2.08 bits per heavy atom. The van der Waals surface area contributed by atoms with Crippen molar-refractivity contribution < 1.29 is 14.6 Å². The molecule has 0 saturated carbocycles. The van der Waals surface area contributed by atoms with Crippen molar-refractivity contribution in [1.29, 1.82) is 0 Å². The average Bonchev–Trinajstić information content (AvgIpc) is 3.18. The highest BCUT2D eigenvalue weighted by Crippen LogP contribution is 2.34. The molecule has 2 aromatic carbocycles. The summed E-state index contributed by atoms with van der Waals surface area (Å²) in [5.41, 5.74) is 2.02. The van der Waals surface area contributed by atoms with Gasteiger partial charge in [-0.15, -0.1) is 11.8 Å². The van der Waals surface area contributed by atoms with Crippen molar-refractivity contribution in [2.75, 3.05) is 25.2 Å². The van der Waals surface area contributed by atoms with E-state index in [1.54, 1.807) is 7.11 Å². The number of thioether (sulfide) groups is 1. The maximum Gasteiger partial charge on any atom is 0.233 e. The number of methoxy groups -OCH3 is 1. The van der Waals surface area contributed by atoms with Crippen molar-refractivity contribution >= 4 is 17.7 Å². The van der Waals surface area contributed by atoms with Crippen LogP contribution in [0.3, 0.4) is 0 Å². The second-order valence-corrected chi connectivity index (χ2v) is 7.49. The molecule has 1 fully saturated rings. The molecule has 0 spiro atoms. The number of carbonyl (C=O) groups excluding carboxylic acids is 1. The molecule has 1 amide bonds. The normalized spacial score (nSPS) is 17.9. The SMILES string of the molecule is COc1cccc(C2CCCN2C(=O)CSCC(O)c2ccccc2)c1. The van der Waals surface area contributed by atoms with Crippen LogP contribution in [-0.4, -0.2) is 41.1 Å². The highest BCUT2D eigenvalue weighted by atomic mass is 32.2. The van der Waals surface area contributed by atoms with Gasteiger partial charge >= 0.3 is 0 Å². The maximum atomic E-state index is 12.7.